The van der Waals surface area contributed by atoms with Crippen LogP contribution in [-0.4, -0.2) is 12.6 Å². The molecule has 1 aromatic carbocycles. The number of nitrogens with two attached hydrogens (primary N) is 1. The lowest BCUT2D eigenvalue weighted by molar-refractivity contribution is 0.204. The van der Waals surface area contributed by atoms with E-state index < -0.39 is 0 Å². The van der Waals surface area contributed by atoms with E-state index in [1.807, 2.05) is 0 Å². The first-order valence-electron chi connectivity index (χ1n) is 5.14. The number of hydrogen-bond donors (Lipinski definition) is 1. The molecule has 0 bridgehead atoms. The van der Waals surface area contributed by atoms with Gasteiger partial charge in [0.1, 0.15) is 5.75 Å². The summed E-state index contributed by atoms with van der Waals surface area (Å²) in [5, 5.41) is 0. The van der Waals surface area contributed by atoms with Crippen molar-refractivity contribution in [2.45, 2.75) is 26.3 Å². The minimum atomic E-state index is 0.212. The molecule has 1 aliphatic rings. The smallest absolute Gasteiger partial charge is 0.122 e. The van der Waals surface area contributed by atoms with Crippen LogP contribution in [0.15, 0.2) is 18.2 Å². The van der Waals surface area contributed by atoms with Gasteiger partial charge in [-0.2, -0.15) is 0 Å². The first-order chi connectivity index (χ1) is 6.66. The van der Waals surface area contributed by atoms with Crippen LogP contribution in [0, 0.1) is 12.8 Å². The molecule has 1 heterocycles. The fraction of sp³-hybridized carbons (Fsp3) is 0.500. The van der Waals surface area contributed by atoms with E-state index in [0.29, 0.717) is 5.92 Å². The first-order valence-corrected chi connectivity index (χ1v) is 5.14. The van der Waals surface area contributed by atoms with Gasteiger partial charge in [-0.05, 0) is 31.9 Å². The zero-order valence-corrected chi connectivity index (χ0v) is 8.79. The molecule has 0 saturated heterocycles. The van der Waals surface area contributed by atoms with E-state index in [1.165, 1.54) is 11.1 Å². The Labute approximate surface area is 85.1 Å². The molecule has 2 nitrogen and oxygen atoms in total. The Kier molecular flexibility index (Phi) is 2.46. The molecule has 2 N–H and O–H groups in total. The number of benzene rings is 1. The normalized spacial score (nSPS) is 22.4. The molecule has 0 aromatic heterocycles. The molecule has 0 spiro atoms. The van der Waals surface area contributed by atoms with Crippen molar-refractivity contribution in [1.82, 2.24) is 0 Å². The first kappa shape index (κ1) is 9.53. The van der Waals surface area contributed by atoms with E-state index in [-0.39, 0.29) is 6.04 Å². The highest BCUT2D eigenvalue weighted by Gasteiger charge is 2.22. The van der Waals surface area contributed by atoms with Gasteiger partial charge in [0.2, 0.25) is 0 Å². The molecule has 0 amide bonds. The average Bonchev–Trinajstić information content (AvgIpc) is 2.16. The Bertz CT molecular complexity index is 333. The van der Waals surface area contributed by atoms with E-state index in [0.717, 1.165) is 18.8 Å². The lowest BCUT2D eigenvalue weighted by Crippen LogP contribution is -2.35. The van der Waals surface area contributed by atoms with Gasteiger partial charge in [0.25, 0.3) is 0 Å². The summed E-state index contributed by atoms with van der Waals surface area (Å²) in [6, 6.07) is 6.56. The summed E-state index contributed by atoms with van der Waals surface area (Å²) in [4.78, 5) is 0. The maximum absolute atomic E-state index is 5.88. The van der Waals surface area contributed by atoms with Crippen LogP contribution in [-0.2, 0) is 6.42 Å². The Hall–Kier alpha value is -1.02. The predicted molar refractivity (Wildman–Crippen MR) is 57.5 cm³/mol. The maximum Gasteiger partial charge on any atom is 0.122 e. The van der Waals surface area contributed by atoms with Crippen LogP contribution < -0.4 is 10.5 Å². The van der Waals surface area contributed by atoms with Crippen molar-refractivity contribution in [1.29, 1.82) is 0 Å². The van der Waals surface area contributed by atoms with Gasteiger partial charge in [-0.15, -0.1) is 0 Å². The number of ether oxygens (including phenoxy) is 1. The summed E-state index contributed by atoms with van der Waals surface area (Å²) < 4.78 is 5.67. The molecule has 0 fully saturated rings. The summed E-state index contributed by atoms with van der Waals surface area (Å²) in [5.41, 5.74) is 8.48. The predicted octanol–water partition coefficient (Wildman–Crippen LogP) is 1.89. The highest BCUT2D eigenvalue weighted by Crippen LogP contribution is 2.28. The molecule has 0 saturated carbocycles. The molecule has 14 heavy (non-hydrogen) atoms. The van der Waals surface area contributed by atoms with Crippen molar-refractivity contribution in [2.24, 2.45) is 11.7 Å². The highest BCUT2D eigenvalue weighted by molar-refractivity contribution is 5.38. The molecule has 0 aliphatic carbocycles. The highest BCUT2D eigenvalue weighted by atomic mass is 16.5. The van der Waals surface area contributed by atoms with Crippen molar-refractivity contribution < 1.29 is 4.74 Å². The third-order valence-electron chi connectivity index (χ3n) is 2.89. The number of hydrogen-bond acceptors (Lipinski definition) is 2. The molecule has 0 radical (unpaired) electrons. The second-order valence-electron chi connectivity index (χ2n) is 4.25. The molecular formula is C12H17NO. The second-order valence-corrected chi connectivity index (χ2v) is 4.25. The second kappa shape index (κ2) is 3.62. The van der Waals surface area contributed by atoms with E-state index in [2.05, 4.69) is 32.0 Å². The third-order valence-corrected chi connectivity index (χ3v) is 2.89. The SMILES string of the molecule is Cc1ccc2c(c1)CC(C(C)N)CO2. The molecule has 2 heteroatoms. The minimum Gasteiger partial charge on any atom is -0.493 e. The van der Waals surface area contributed by atoms with Crippen molar-refractivity contribution in [3.8, 4) is 5.75 Å². The van der Waals surface area contributed by atoms with Gasteiger partial charge in [-0.3, -0.25) is 0 Å². The van der Waals surface area contributed by atoms with Crippen molar-refractivity contribution in [3.05, 3.63) is 29.3 Å². The van der Waals surface area contributed by atoms with Crippen LogP contribution in [0.5, 0.6) is 5.75 Å². The van der Waals surface area contributed by atoms with Gasteiger partial charge < -0.3 is 10.5 Å². The zero-order chi connectivity index (χ0) is 10.1. The minimum absolute atomic E-state index is 0.212. The quantitative estimate of drug-likeness (QED) is 0.735. The van der Waals surface area contributed by atoms with Gasteiger partial charge >= 0.3 is 0 Å². The van der Waals surface area contributed by atoms with Crippen molar-refractivity contribution in [2.75, 3.05) is 6.61 Å². The fourth-order valence-corrected chi connectivity index (χ4v) is 1.88. The van der Waals surface area contributed by atoms with Gasteiger partial charge in [0.05, 0.1) is 6.61 Å². The van der Waals surface area contributed by atoms with Crippen molar-refractivity contribution >= 4 is 0 Å². The lowest BCUT2D eigenvalue weighted by Gasteiger charge is -2.27. The lowest BCUT2D eigenvalue weighted by atomic mass is 9.91. The molecule has 2 atom stereocenters. The van der Waals surface area contributed by atoms with E-state index in [1.54, 1.807) is 0 Å². The fourth-order valence-electron chi connectivity index (χ4n) is 1.88. The van der Waals surface area contributed by atoms with Crippen LogP contribution in [0.2, 0.25) is 0 Å². The molecule has 2 rings (SSSR count). The Morgan fingerprint density at radius 2 is 2.29 bits per heavy atom. The Morgan fingerprint density at radius 3 is 3.00 bits per heavy atom. The van der Waals surface area contributed by atoms with E-state index in [9.17, 15) is 0 Å². The summed E-state index contributed by atoms with van der Waals surface area (Å²) in [5.74, 6) is 1.50. The molecular weight excluding hydrogens is 174 g/mol. The number of aryl methyl sites for hydroxylation is 1. The van der Waals surface area contributed by atoms with Gasteiger partial charge in [-0.1, -0.05) is 17.7 Å². The van der Waals surface area contributed by atoms with Crippen LogP contribution in [0.3, 0.4) is 0 Å². The molecule has 76 valence electrons. The van der Waals surface area contributed by atoms with Crippen LogP contribution in [0.25, 0.3) is 0 Å². The van der Waals surface area contributed by atoms with E-state index in [4.69, 9.17) is 10.5 Å². The summed E-state index contributed by atoms with van der Waals surface area (Å²) in [6.45, 7) is 4.91. The van der Waals surface area contributed by atoms with Gasteiger partial charge in [0, 0.05) is 12.0 Å². The summed E-state index contributed by atoms with van der Waals surface area (Å²) in [6.07, 6.45) is 1.05. The van der Waals surface area contributed by atoms with Gasteiger partial charge in [0.15, 0.2) is 0 Å². The molecule has 1 aromatic rings. The summed E-state index contributed by atoms with van der Waals surface area (Å²) in [7, 11) is 0. The zero-order valence-electron chi connectivity index (χ0n) is 8.79. The van der Waals surface area contributed by atoms with Crippen molar-refractivity contribution in [3.63, 3.8) is 0 Å². The monoisotopic (exact) mass is 191 g/mol. The van der Waals surface area contributed by atoms with Crippen LogP contribution in [0.1, 0.15) is 18.1 Å². The number of rotatable bonds is 1. The molecule has 1 aliphatic heterocycles. The van der Waals surface area contributed by atoms with E-state index >= 15 is 0 Å². The van der Waals surface area contributed by atoms with Crippen LogP contribution >= 0.6 is 0 Å². The summed E-state index contributed by atoms with van der Waals surface area (Å²) >= 11 is 0. The molecule has 2 unspecified atom stereocenters. The van der Waals surface area contributed by atoms with Crippen LogP contribution in [0.4, 0.5) is 0 Å². The largest absolute Gasteiger partial charge is 0.493 e. The standard InChI is InChI=1S/C12H17NO/c1-8-3-4-12-10(5-8)6-11(7-14-12)9(2)13/h3-5,9,11H,6-7,13H2,1-2H3. The topological polar surface area (TPSA) is 35.2 Å². The Balaban J connectivity index is 2.24. The number of fused-ring (bicyclic) bond motifs is 1. The third kappa shape index (κ3) is 1.75. The van der Waals surface area contributed by atoms with Gasteiger partial charge in [-0.25, -0.2) is 0 Å². The maximum atomic E-state index is 5.88. The average molecular weight is 191 g/mol. The Morgan fingerprint density at radius 1 is 1.50 bits per heavy atom.